The number of unbranched alkanes of at least 4 members (excludes halogenated alkanes) is 2. The third kappa shape index (κ3) is 8.20. The van der Waals surface area contributed by atoms with Gasteiger partial charge in [0.1, 0.15) is 6.10 Å². The van der Waals surface area contributed by atoms with E-state index in [9.17, 15) is 25.2 Å². The zero-order chi connectivity index (χ0) is 21.4. The number of hydrogen-bond donors (Lipinski definition) is 5. The average molecular weight is 409 g/mol. The molecular formula is C22H36N2O5. The highest BCUT2D eigenvalue weighted by Crippen LogP contribution is 2.29. The Bertz CT molecular complexity index is 653. The molecule has 1 aromatic carbocycles. The summed E-state index contributed by atoms with van der Waals surface area (Å²) in [4.78, 5) is 14.7. The van der Waals surface area contributed by atoms with Gasteiger partial charge < -0.3 is 30.6 Å². The van der Waals surface area contributed by atoms with Crippen molar-refractivity contribution >= 4 is 5.91 Å². The summed E-state index contributed by atoms with van der Waals surface area (Å²) in [5, 5.41) is 42.8. The van der Waals surface area contributed by atoms with Crippen LogP contribution < -0.4 is 5.32 Å². The van der Waals surface area contributed by atoms with E-state index >= 15 is 0 Å². The van der Waals surface area contributed by atoms with Crippen molar-refractivity contribution in [2.24, 2.45) is 0 Å². The van der Waals surface area contributed by atoms with Crippen LogP contribution in [-0.2, 0) is 4.79 Å². The summed E-state index contributed by atoms with van der Waals surface area (Å²) in [6.07, 6.45) is 4.77. The molecule has 0 aromatic heterocycles. The molecule has 0 bridgehead atoms. The second-order valence-electron chi connectivity index (χ2n) is 8.75. The first-order valence-corrected chi connectivity index (χ1v) is 10.6. The molecule has 0 unspecified atom stereocenters. The number of likely N-dealkylation sites (tertiary alicyclic amines) is 1. The largest absolute Gasteiger partial charge is 0.504 e. The van der Waals surface area contributed by atoms with Crippen LogP contribution in [0.5, 0.6) is 11.5 Å². The smallest absolute Gasteiger partial charge is 0.220 e. The van der Waals surface area contributed by atoms with E-state index in [1.54, 1.807) is 19.9 Å². The first kappa shape index (κ1) is 23.4. The minimum absolute atomic E-state index is 0.112. The van der Waals surface area contributed by atoms with E-state index in [2.05, 4.69) is 10.2 Å². The van der Waals surface area contributed by atoms with E-state index in [4.69, 9.17) is 0 Å². The van der Waals surface area contributed by atoms with E-state index in [1.165, 1.54) is 12.1 Å². The molecule has 164 valence electrons. The van der Waals surface area contributed by atoms with Crippen LogP contribution in [0.15, 0.2) is 18.2 Å². The molecule has 29 heavy (non-hydrogen) atoms. The lowest BCUT2D eigenvalue weighted by Crippen LogP contribution is -2.46. The van der Waals surface area contributed by atoms with E-state index in [0.29, 0.717) is 24.9 Å². The van der Waals surface area contributed by atoms with Crippen LogP contribution in [0.1, 0.15) is 70.5 Å². The highest BCUT2D eigenvalue weighted by atomic mass is 16.3. The van der Waals surface area contributed by atoms with Gasteiger partial charge in [-0.25, -0.2) is 0 Å². The number of amides is 1. The van der Waals surface area contributed by atoms with Gasteiger partial charge in [-0.2, -0.15) is 0 Å². The molecule has 1 heterocycles. The van der Waals surface area contributed by atoms with Crippen molar-refractivity contribution in [3.63, 3.8) is 0 Å². The van der Waals surface area contributed by atoms with Crippen molar-refractivity contribution in [1.29, 1.82) is 0 Å². The van der Waals surface area contributed by atoms with Gasteiger partial charge in [0.25, 0.3) is 0 Å². The Morgan fingerprint density at radius 3 is 2.45 bits per heavy atom. The van der Waals surface area contributed by atoms with Gasteiger partial charge in [0, 0.05) is 13.0 Å². The molecule has 1 amide bonds. The number of nitrogens with zero attached hydrogens (tertiary/aromatic N) is 1. The number of aromatic hydroxyl groups is 2. The Balaban J connectivity index is 1.92. The van der Waals surface area contributed by atoms with Gasteiger partial charge in [0.05, 0.1) is 11.6 Å². The molecule has 2 rings (SSSR count). The first-order chi connectivity index (χ1) is 13.7. The second-order valence-corrected chi connectivity index (χ2v) is 8.75. The second kappa shape index (κ2) is 10.8. The van der Waals surface area contributed by atoms with E-state index in [-0.39, 0.29) is 17.4 Å². The van der Waals surface area contributed by atoms with Gasteiger partial charge in [-0.15, -0.1) is 0 Å². The fraction of sp³-hybridized carbons (Fsp3) is 0.682. The number of carbonyl (C=O) groups is 1. The van der Waals surface area contributed by atoms with Gasteiger partial charge in [-0.1, -0.05) is 18.9 Å². The lowest BCUT2D eigenvalue weighted by Gasteiger charge is -2.29. The fourth-order valence-corrected chi connectivity index (χ4v) is 3.72. The minimum Gasteiger partial charge on any atom is -0.504 e. The maximum atomic E-state index is 12.5. The number of aliphatic hydroxyl groups excluding tert-OH is 1. The van der Waals surface area contributed by atoms with Crippen LogP contribution >= 0.6 is 0 Å². The Hall–Kier alpha value is -1.83. The maximum absolute atomic E-state index is 12.5. The molecule has 0 saturated carbocycles. The molecule has 2 atom stereocenters. The third-order valence-electron chi connectivity index (χ3n) is 5.41. The summed E-state index contributed by atoms with van der Waals surface area (Å²) >= 11 is 0. The van der Waals surface area contributed by atoms with Crippen molar-refractivity contribution in [2.45, 2.75) is 76.5 Å². The third-order valence-corrected chi connectivity index (χ3v) is 5.41. The maximum Gasteiger partial charge on any atom is 0.220 e. The monoisotopic (exact) mass is 408 g/mol. The van der Waals surface area contributed by atoms with Crippen LogP contribution in [0.4, 0.5) is 0 Å². The molecule has 7 nitrogen and oxygen atoms in total. The van der Waals surface area contributed by atoms with Crippen LogP contribution in [0.2, 0.25) is 0 Å². The lowest BCUT2D eigenvalue weighted by molar-refractivity contribution is -0.123. The van der Waals surface area contributed by atoms with Gasteiger partial charge in [-0.3, -0.25) is 4.79 Å². The van der Waals surface area contributed by atoms with Crippen molar-refractivity contribution in [3.05, 3.63) is 23.8 Å². The van der Waals surface area contributed by atoms with Crippen LogP contribution in [0.3, 0.4) is 0 Å². The topological polar surface area (TPSA) is 113 Å². The Morgan fingerprint density at radius 1 is 1.14 bits per heavy atom. The van der Waals surface area contributed by atoms with E-state index in [0.717, 1.165) is 45.2 Å². The van der Waals surface area contributed by atoms with Gasteiger partial charge in [0.2, 0.25) is 5.91 Å². The Kier molecular flexibility index (Phi) is 8.74. The van der Waals surface area contributed by atoms with Crippen molar-refractivity contribution < 1.29 is 25.2 Å². The average Bonchev–Trinajstić information content (AvgIpc) is 3.14. The summed E-state index contributed by atoms with van der Waals surface area (Å²) in [6.45, 7) is 5.98. The zero-order valence-corrected chi connectivity index (χ0v) is 17.6. The molecule has 5 N–H and O–H groups in total. The van der Waals surface area contributed by atoms with Crippen molar-refractivity contribution in [1.82, 2.24) is 10.2 Å². The molecule has 1 aliphatic heterocycles. The van der Waals surface area contributed by atoms with E-state index < -0.39 is 17.7 Å². The molecule has 1 aliphatic rings. The predicted octanol–water partition coefficient (Wildman–Crippen LogP) is 2.43. The number of benzene rings is 1. The molecular weight excluding hydrogens is 372 g/mol. The standard InChI is InChI=1S/C22H36N2O5/c1-22(2,29)11-5-3-4-8-20(27)23-17(15-24-12-6-7-13-24)21(28)16-9-10-18(25)19(26)14-16/h9-10,14,17,21,25-26,28-29H,3-8,11-13,15H2,1-2H3,(H,23,27)/t17-,21-/m1/s1. The van der Waals surface area contributed by atoms with Crippen molar-refractivity contribution in [2.75, 3.05) is 19.6 Å². The number of phenolic OH excluding ortho intramolecular Hbond substituents is 2. The SMILES string of the molecule is CC(C)(O)CCCCCC(=O)N[C@H](CN1CCCC1)[C@H](O)c1ccc(O)c(O)c1. The number of aliphatic hydroxyl groups is 2. The zero-order valence-electron chi connectivity index (χ0n) is 17.6. The fourth-order valence-electron chi connectivity index (χ4n) is 3.72. The first-order valence-electron chi connectivity index (χ1n) is 10.6. The number of nitrogens with one attached hydrogen (secondary N) is 1. The van der Waals surface area contributed by atoms with Gasteiger partial charge >= 0.3 is 0 Å². The number of rotatable bonds is 11. The highest BCUT2D eigenvalue weighted by molar-refractivity contribution is 5.76. The molecule has 0 aliphatic carbocycles. The molecule has 0 radical (unpaired) electrons. The number of phenols is 2. The number of carbonyl (C=O) groups excluding carboxylic acids is 1. The molecule has 7 heteroatoms. The molecule has 0 spiro atoms. The normalized spacial score (nSPS) is 17.2. The summed E-state index contributed by atoms with van der Waals surface area (Å²) < 4.78 is 0. The molecule has 1 aromatic rings. The van der Waals surface area contributed by atoms with Crippen LogP contribution in [-0.4, -0.2) is 62.5 Å². The summed E-state index contributed by atoms with van der Waals surface area (Å²) in [7, 11) is 0. The quantitative estimate of drug-likeness (QED) is 0.284. The predicted molar refractivity (Wildman–Crippen MR) is 112 cm³/mol. The summed E-state index contributed by atoms with van der Waals surface area (Å²) in [5.41, 5.74) is -0.224. The Labute approximate surface area is 173 Å². The lowest BCUT2D eigenvalue weighted by atomic mass is 9.99. The van der Waals surface area contributed by atoms with Crippen molar-refractivity contribution in [3.8, 4) is 11.5 Å². The van der Waals surface area contributed by atoms with Gasteiger partial charge in [-0.05, 0) is 70.3 Å². The van der Waals surface area contributed by atoms with Crippen LogP contribution in [0.25, 0.3) is 0 Å². The molecule has 1 fully saturated rings. The van der Waals surface area contributed by atoms with Crippen LogP contribution in [0, 0.1) is 0 Å². The Morgan fingerprint density at radius 2 is 1.83 bits per heavy atom. The highest BCUT2D eigenvalue weighted by Gasteiger charge is 2.27. The minimum atomic E-state index is -0.985. The molecule has 1 saturated heterocycles. The van der Waals surface area contributed by atoms with E-state index in [1.807, 2.05) is 0 Å². The number of hydrogen-bond acceptors (Lipinski definition) is 6. The van der Waals surface area contributed by atoms with Gasteiger partial charge in [0.15, 0.2) is 11.5 Å². The summed E-state index contributed by atoms with van der Waals surface area (Å²) in [6, 6.07) is 3.73. The summed E-state index contributed by atoms with van der Waals surface area (Å²) in [5.74, 6) is -0.647.